The molecular weight excluding hydrogens is 253 g/mol. The molecule has 2 fully saturated rings. The normalized spacial score (nSPS) is 21.1. The highest BCUT2D eigenvalue weighted by Gasteiger charge is 2.38. The maximum Gasteiger partial charge on any atom is 0.125 e. The van der Waals surface area contributed by atoms with E-state index in [1.54, 1.807) is 12.1 Å². The van der Waals surface area contributed by atoms with E-state index in [1.807, 2.05) is 0 Å². The molecule has 1 aromatic carbocycles. The number of fused-ring (bicyclic) bond motifs is 1. The van der Waals surface area contributed by atoms with Gasteiger partial charge in [-0.1, -0.05) is 6.42 Å². The van der Waals surface area contributed by atoms with Crippen molar-refractivity contribution in [3.05, 3.63) is 29.8 Å². The van der Waals surface area contributed by atoms with Crippen molar-refractivity contribution in [1.29, 1.82) is 0 Å². The third-order valence-corrected chi connectivity index (χ3v) is 5.02. The third kappa shape index (κ3) is 1.85. The molecule has 2 aliphatic carbocycles. The van der Waals surface area contributed by atoms with Gasteiger partial charge in [0, 0.05) is 12.5 Å². The first-order chi connectivity index (χ1) is 9.71. The summed E-state index contributed by atoms with van der Waals surface area (Å²) in [6.07, 6.45) is 6.98. The van der Waals surface area contributed by atoms with Crippen LogP contribution in [0.15, 0.2) is 18.2 Å². The highest BCUT2D eigenvalue weighted by atomic mass is 19.1. The molecule has 0 aliphatic heterocycles. The minimum absolute atomic E-state index is 0.178. The summed E-state index contributed by atoms with van der Waals surface area (Å²) in [5, 5.41) is 0. The molecule has 0 saturated heterocycles. The van der Waals surface area contributed by atoms with Crippen LogP contribution < -0.4 is 5.73 Å². The Labute approximate surface area is 118 Å². The molecule has 106 valence electrons. The molecule has 2 N–H and O–H groups in total. The standard InChI is InChI=1S/C16H20FN3/c17-11-2-5-13-14(8-11)20(12-3-4-12)15(19-13)9-16(10-18)6-1-7-16/h2,5,8,12H,1,3-4,6-7,9-10,18H2. The second kappa shape index (κ2) is 4.29. The van der Waals surface area contributed by atoms with Crippen molar-refractivity contribution in [2.45, 2.75) is 44.6 Å². The van der Waals surface area contributed by atoms with E-state index < -0.39 is 0 Å². The predicted molar refractivity (Wildman–Crippen MR) is 77.0 cm³/mol. The molecule has 2 aliphatic rings. The fraction of sp³-hybridized carbons (Fsp3) is 0.562. The maximum absolute atomic E-state index is 13.5. The smallest absolute Gasteiger partial charge is 0.125 e. The summed E-state index contributed by atoms with van der Waals surface area (Å²) >= 11 is 0. The van der Waals surface area contributed by atoms with Crippen molar-refractivity contribution >= 4 is 11.0 Å². The van der Waals surface area contributed by atoms with Crippen LogP contribution in [-0.2, 0) is 6.42 Å². The molecule has 2 saturated carbocycles. The van der Waals surface area contributed by atoms with Crippen molar-refractivity contribution in [3.63, 3.8) is 0 Å². The predicted octanol–water partition coefficient (Wildman–Crippen LogP) is 3.18. The Kier molecular flexibility index (Phi) is 2.64. The summed E-state index contributed by atoms with van der Waals surface area (Å²) in [5.41, 5.74) is 8.09. The minimum Gasteiger partial charge on any atom is -0.330 e. The van der Waals surface area contributed by atoms with E-state index in [0.29, 0.717) is 6.04 Å². The van der Waals surface area contributed by atoms with Crippen LogP contribution in [-0.4, -0.2) is 16.1 Å². The van der Waals surface area contributed by atoms with Gasteiger partial charge in [0.25, 0.3) is 0 Å². The van der Waals surface area contributed by atoms with Crippen LogP contribution in [0.3, 0.4) is 0 Å². The first-order valence-corrected chi connectivity index (χ1v) is 7.57. The number of benzene rings is 1. The van der Waals surface area contributed by atoms with E-state index in [9.17, 15) is 4.39 Å². The van der Waals surface area contributed by atoms with E-state index in [-0.39, 0.29) is 11.2 Å². The Balaban J connectivity index is 1.80. The van der Waals surface area contributed by atoms with Crippen LogP contribution in [0.2, 0.25) is 0 Å². The second-order valence-electron chi connectivity index (χ2n) is 6.50. The lowest BCUT2D eigenvalue weighted by molar-refractivity contribution is 0.140. The van der Waals surface area contributed by atoms with Gasteiger partial charge in [-0.3, -0.25) is 0 Å². The van der Waals surface area contributed by atoms with Crippen molar-refractivity contribution in [2.24, 2.45) is 11.1 Å². The number of nitrogens with zero attached hydrogens (tertiary/aromatic N) is 2. The van der Waals surface area contributed by atoms with Gasteiger partial charge in [0.15, 0.2) is 0 Å². The fourth-order valence-corrected chi connectivity index (χ4v) is 3.45. The molecule has 0 unspecified atom stereocenters. The molecule has 1 heterocycles. The SMILES string of the molecule is NCC1(Cc2nc3ccc(F)cc3n2C2CC2)CCC1. The molecule has 0 atom stereocenters. The first-order valence-electron chi connectivity index (χ1n) is 7.57. The van der Waals surface area contributed by atoms with E-state index >= 15 is 0 Å². The van der Waals surface area contributed by atoms with Crippen LogP contribution >= 0.6 is 0 Å². The summed E-state index contributed by atoms with van der Waals surface area (Å²) in [7, 11) is 0. The van der Waals surface area contributed by atoms with Crippen molar-refractivity contribution in [3.8, 4) is 0 Å². The van der Waals surface area contributed by atoms with Crippen molar-refractivity contribution in [1.82, 2.24) is 9.55 Å². The Morgan fingerprint density at radius 1 is 1.35 bits per heavy atom. The Morgan fingerprint density at radius 2 is 2.15 bits per heavy atom. The first kappa shape index (κ1) is 12.3. The van der Waals surface area contributed by atoms with E-state index in [2.05, 4.69) is 4.57 Å². The molecule has 2 aromatic rings. The zero-order chi connectivity index (χ0) is 13.7. The number of aromatic nitrogens is 2. The number of hydrogen-bond donors (Lipinski definition) is 1. The third-order valence-electron chi connectivity index (χ3n) is 5.02. The Hall–Kier alpha value is -1.42. The topological polar surface area (TPSA) is 43.8 Å². The molecule has 4 rings (SSSR count). The zero-order valence-electron chi connectivity index (χ0n) is 11.6. The highest BCUT2D eigenvalue weighted by molar-refractivity contribution is 5.76. The lowest BCUT2D eigenvalue weighted by atomic mass is 9.66. The van der Waals surface area contributed by atoms with Gasteiger partial charge in [-0.2, -0.15) is 0 Å². The van der Waals surface area contributed by atoms with Crippen LogP contribution in [0.5, 0.6) is 0 Å². The Morgan fingerprint density at radius 3 is 2.75 bits per heavy atom. The average Bonchev–Trinajstić information content (AvgIpc) is 3.16. The largest absolute Gasteiger partial charge is 0.330 e. The van der Waals surface area contributed by atoms with Crippen molar-refractivity contribution < 1.29 is 4.39 Å². The lowest BCUT2D eigenvalue weighted by Gasteiger charge is -2.40. The molecule has 0 amide bonds. The number of imidazole rings is 1. The number of rotatable bonds is 4. The Bertz CT molecular complexity index is 648. The van der Waals surface area contributed by atoms with Gasteiger partial charge < -0.3 is 10.3 Å². The van der Waals surface area contributed by atoms with Gasteiger partial charge in [0.05, 0.1) is 11.0 Å². The van der Waals surface area contributed by atoms with E-state index in [0.717, 1.165) is 29.8 Å². The van der Waals surface area contributed by atoms with Gasteiger partial charge in [-0.25, -0.2) is 9.37 Å². The van der Waals surface area contributed by atoms with Gasteiger partial charge in [-0.15, -0.1) is 0 Å². The molecule has 0 radical (unpaired) electrons. The van der Waals surface area contributed by atoms with Gasteiger partial charge in [0.2, 0.25) is 0 Å². The number of hydrogen-bond acceptors (Lipinski definition) is 2. The molecule has 1 aromatic heterocycles. The molecule has 20 heavy (non-hydrogen) atoms. The monoisotopic (exact) mass is 273 g/mol. The fourth-order valence-electron chi connectivity index (χ4n) is 3.45. The number of nitrogens with two attached hydrogens (primary N) is 1. The summed E-state index contributed by atoms with van der Waals surface area (Å²) in [6.45, 7) is 0.731. The quantitative estimate of drug-likeness (QED) is 0.929. The van der Waals surface area contributed by atoms with Crippen LogP contribution in [0.1, 0.15) is 44.0 Å². The molecule has 0 spiro atoms. The molecule has 3 nitrogen and oxygen atoms in total. The van der Waals surface area contributed by atoms with Crippen molar-refractivity contribution in [2.75, 3.05) is 6.54 Å². The average molecular weight is 273 g/mol. The van der Waals surface area contributed by atoms with Gasteiger partial charge in [0.1, 0.15) is 11.6 Å². The van der Waals surface area contributed by atoms with E-state index in [1.165, 1.54) is 38.2 Å². The molecular formula is C16H20FN3. The van der Waals surface area contributed by atoms with Gasteiger partial charge in [-0.05, 0) is 55.8 Å². The highest BCUT2D eigenvalue weighted by Crippen LogP contribution is 2.45. The maximum atomic E-state index is 13.5. The second-order valence-corrected chi connectivity index (χ2v) is 6.50. The summed E-state index contributed by atoms with van der Waals surface area (Å²) in [6, 6.07) is 5.44. The van der Waals surface area contributed by atoms with Crippen LogP contribution in [0.25, 0.3) is 11.0 Å². The summed E-state index contributed by atoms with van der Waals surface area (Å²) in [5.74, 6) is 0.932. The zero-order valence-corrected chi connectivity index (χ0v) is 11.6. The summed E-state index contributed by atoms with van der Waals surface area (Å²) < 4.78 is 15.8. The minimum atomic E-state index is -0.178. The summed E-state index contributed by atoms with van der Waals surface area (Å²) in [4.78, 5) is 4.77. The number of halogens is 1. The van der Waals surface area contributed by atoms with Crippen LogP contribution in [0, 0.1) is 11.2 Å². The lowest BCUT2D eigenvalue weighted by Crippen LogP contribution is -2.39. The van der Waals surface area contributed by atoms with Crippen LogP contribution in [0.4, 0.5) is 4.39 Å². The molecule has 4 heteroatoms. The van der Waals surface area contributed by atoms with Gasteiger partial charge >= 0.3 is 0 Å². The van der Waals surface area contributed by atoms with E-state index in [4.69, 9.17) is 10.7 Å². The molecule has 0 bridgehead atoms.